The second-order valence-corrected chi connectivity index (χ2v) is 7.55. The third-order valence-corrected chi connectivity index (χ3v) is 5.12. The van der Waals surface area contributed by atoms with Crippen molar-refractivity contribution in [1.82, 2.24) is 9.80 Å². The molecule has 2 heterocycles. The summed E-state index contributed by atoms with van der Waals surface area (Å²) in [7, 11) is 0. The van der Waals surface area contributed by atoms with Crippen LogP contribution in [0.2, 0.25) is 0 Å². The number of piperazine rings is 1. The molecular formula is C16H29N3S. The Balaban J connectivity index is 2.06. The molecule has 2 atom stereocenters. The van der Waals surface area contributed by atoms with E-state index in [1.54, 1.807) is 11.3 Å². The first-order valence-electron chi connectivity index (χ1n) is 7.70. The zero-order chi connectivity index (χ0) is 14.8. The molecule has 3 nitrogen and oxygen atoms in total. The second-order valence-electron chi connectivity index (χ2n) is 6.77. The minimum Gasteiger partial charge on any atom is -0.326 e. The summed E-state index contributed by atoms with van der Waals surface area (Å²) in [4.78, 5) is 5.16. The van der Waals surface area contributed by atoms with Gasteiger partial charge in [-0.05, 0) is 49.6 Å². The van der Waals surface area contributed by atoms with Crippen molar-refractivity contribution in [2.24, 2.45) is 5.73 Å². The Morgan fingerprint density at radius 3 is 2.35 bits per heavy atom. The van der Waals surface area contributed by atoms with Crippen LogP contribution in [0.1, 0.15) is 45.7 Å². The highest BCUT2D eigenvalue weighted by Crippen LogP contribution is 2.29. The van der Waals surface area contributed by atoms with Crippen molar-refractivity contribution in [2.75, 3.05) is 26.2 Å². The van der Waals surface area contributed by atoms with Crippen molar-refractivity contribution in [3.05, 3.63) is 22.4 Å². The van der Waals surface area contributed by atoms with E-state index in [9.17, 15) is 0 Å². The van der Waals surface area contributed by atoms with Crippen LogP contribution in [0.3, 0.4) is 0 Å². The normalized spacial score (nSPS) is 21.9. The van der Waals surface area contributed by atoms with Gasteiger partial charge in [0.1, 0.15) is 0 Å². The van der Waals surface area contributed by atoms with Gasteiger partial charge in [-0.15, -0.1) is 0 Å². The Bertz CT molecular complexity index is 388. The summed E-state index contributed by atoms with van der Waals surface area (Å²) in [6, 6.07) is 2.85. The molecule has 20 heavy (non-hydrogen) atoms. The molecule has 0 aliphatic carbocycles. The molecule has 4 heteroatoms. The van der Waals surface area contributed by atoms with E-state index < -0.39 is 0 Å². The van der Waals surface area contributed by atoms with Crippen LogP contribution in [0, 0.1) is 0 Å². The predicted molar refractivity (Wildman–Crippen MR) is 88.2 cm³/mol. The molecule has 2 rings (SSSR count). The van der Waals surface area contributed by atoms with Crippen LogP contribution in [-0.2, 0) is 0 Å². The van der Waals surface area contributed by atoms with Crippen LogP contribution in [-0.4, -0.2) is 47.6 Å². The van der Waals surface area contributed by atoms with E-state index in [2.05, 4.69) is 54.3 Å². The van der Waals surface area contributed by atoms with Crippen LogP contribution in [0.15, 0.2) is 16.8 Å². The average molecular weight is 295 g/mol. The lowest BCUT2D eigenvalue weighted by Gasteiger charge is -2.45. The van der Waals surface area contributed by atoms with Crippen molar-refractivity contribution in [3.8, 4) is 0 Å². The molecule has 2 unspecified atom stereocenters. The summed E-state index contributed by atoms with van der Waals surface area (Å²) in [5.74, 6) is 0. The van der Waals surface area contributed by atoms with Crippen molar-refractivity contribution < 1.29 is 0 Å². The molecule has 0 saturated carbocycles. The lowest BCUT2D eigenvalue weighted by Crippen LogP contribution is -2.55. The Kier molecular flexibility index (Phi) is 5.24. The van der Waals surface area contributed by atoms with Gasteiger partial charge < -0.3 is 5.73 Å². The lowest BCUT2D eigenvalue weighted by atomic mass is 9.97. The monoisotopic (exact) mass is 295 g/mol. The number of hydrogen-bond donors (Lipinski definition) is 1. The van der Waals surface area contributed by atoms with Crippen molar-refractivity contribution in [3.63, 3.8) is 0 Å². The zero-order valence-corrected chi connectivity index (χ0v) is 14.1. The fourth-order valence-corrected chi connectivity index (χ4v) is 3.76. The molecule has 1 fully saturated rings. The highest BCUT2D eigenvalue weighted by molar-refractivity contribution is 7.07. The topological polar surface area (TPSA) is 32.5 Å². The fraction of sp³-hybridized carbons (Fsp3) is 0.750. The second kappa shape index (κ2) is 6.56. The number of hydrogen-bond acceptors (Lipinski definition) is 4. The minimum absolute atomic E-state index is 0.228. The minimum atomic E-state index is 0.228. The highest BCUT2D eigenvalue weighted by Gasteiger charge is 2.31. The van der Waals surface area contributed by atoms with Gasteiger partial charge in [-0.3, -0.25) is 9.80 Å². The van der Waals surface area contributed by atoms with E-state index >= 15 is 0 Å². The third kappa shape index (κ3) is 3.61. The molecule has 1 saturated heterocycles. The molecule has 0 radical (unpaired) electrons. The number of nitrogens with two attached hydrogens (primary N) is 1. The van der Waals surface area contributed by atoms with Crippen molar-refractivity contribution in [2.45, 2.75) is 51.7 Å². The van der Waals surface area contributed by atoms with E-state index in [-0.39, 0.29) is 11.6 Å². The largest absolute Gasteiger partial charge is 0.326 e. The summed E-state index contributed by atoms with van der Waals surface area (Å²) < 4.78 is 0. The quantitative estimate of drug-likeness (QED) is 0.927. The van der Waals surface area contributed by atoms with Gasteiger partial charge in [0.25, 0.3) is 0 Å². The molecule has 0 bridgehead atoms. The van der Waals surface area contributed by atoms with E-state index in [1.807, 2.05) is 0 Å². The van der Waals surface area contributed by atoms with Crippen LogP contribution in [0.4, 0.5) is 0 Å². The van der Waals surface area contributed by atoms with E-state index in [0.717, 1.165) is 32.6 Å². The lowest BCUT2D eigenvalue weighted by molar-refractivity contribution is 0.0353. The Morgan fingerprint density at radius 2 is 1.90 bits per heavy atom. The molecule has 1 aliphatic heterocycles. The summed E-state index contributed by atoms with van der Waals surface area (Å²) in [5.41, 5.74) is 8.08. The van der Waals surface area contributed by atoms with Gasteiger partial charge in [-0.25, -0.2) is 0 Å². The van der Waals surface area contributed by atoms with Crippen LogP contribution in [0.5, 0.6) is 0 Å². The molecule has 0 spiro atoms. The third-order valence-electron chi connectivity index (χ3n) is 4.42. The maximum atomic E-state index is 6.41. The molecule has 0 aromatic carbocycles. The van der Waals surface area contributed by atoms with Gasteiger partial charge in [0.15, 0.2) is 0 Å². The predicted octanol–water partition coefficient (Wildman–Crippen LogP) is 2.94. The first kappa shape index (κ1) is 16.0. The SMILES string of the molecule is CCC(N)C(c1ccsc1)N1CCN(C(C)(C)C)CC1. The Labute approximate surface area is 127 Å². The average Bonchev–Trinajstić information content (AvgIpc) is 2.92. The molecule has 1 aromatic rings. The first-order chi connectivity index (χ1) is 9.43. The van der Waals surface area contributed by atoms with Gasteiger partial charge in [0, 0.05) is 37.8 Å². The molecular weight excluding hydrogens is 266 g/mol. The van der Waals surface area contributed by atoms with E-state index in [4.69, 9.17) is 5.73 Å². The number of nitrogens with zero attached hydrogens (tertiary/aromatic N) is 2. The van der Waals surface area contributed by atoms with Gasteiger partial charge in [0.2, 0.25) is 0 Å². The van der Waals surface area contributed by atoms with Gasteiger partial charge in [-0.1, -0.05) is 6.92 Å². The summed E-state index contributed by atoms with van der Waals surface area (Å²) in [6.45, 7) is 13.6. The van der Waals surface area contributed by atoms with Gasteiger partial charge in [-0.2, -0.15) is 11.3 Å². The van der Waals surface area contributed by atoms with Crippen molar-refractivity contribution in [1.29, 1.82) is 0 Å². The maximum Gasteiger partial charge on any atom is 0.0508 e. The number of thiophene rings is 1. The van der Waals surface area contributed by atoms with E-state index in [1.165, 1.54) is 5.56 Å². The standard InChI is InChI=1S/C16H29N3S/c1-5-14(17)15(13-6-11-20-12-13)18-7-9-19(10-8-18)16(2,3)4/h6,11-12,14-15H,5,7-10,17H2,1-4H3. The Morgan fingerprint density at radius 1 is 1.25 bits per heavy atom. The molecule has 0 amide bonds. The van der Waals surface area contributed by atoms with Crippen molar-refractivity contribution >= 4 is 11.3 Å². The van der Waals surface area contributed by atoms with Crippen LogP contribution in [0.25, 0.3) is 0 Å². The molecule has 114 valence electrons. The smallest absolute Gasteiger partial charge is 0.0508 e. The first-order valence-corrected chi connectivity index (χ1v) is 8.64. The fourth-order valence-electron chi connectivity index (χ4n) is 3.07. The zero-order valence-electron chi connectivity index (χ0n) is 13.3. The van der Waals surface area contributed by atoms with Crippen LogP contribution < -0.4 is 5.73 Å². The maximum absolute atomic E-state index is 6.41. The molecule has 1 aliphatic rings. The molecule has 2 N–H and O–H groups in total. The van der Waals surface area contributed by atoms with E-state index in [0.29, 0.717) is 6.04 Å². The summed E-state index contributed by atoms with van der Waals surface area (Å²) in [6.07, 6.45) is 1.03. The van der Waals surface area contributed by atoms with Gasteiger partial charge >= 0.3 is 0 Å². The molecule has 1 aromatic heterocycles. The Hall–Kier alpha value is -0.420. The highest BCUT2D eigenvalue weighted by atomic mass is 32.1. The number of rotatable bonds is 4. The van der Waals surface area contributed by atoms with Crippen LogP contribution >= 0.6 is 11.3 Å². The summed E-state index contributed by atoms with van der Waals surface area (Å²) >= 11 is 1.77. The van der Waals surface area contributed by atoms with Gasteiger partial charge in [0.05, 0.1) is 6.04 Å². The summed E-state index contributed by atoms with van der Waals surface area (Å²) in [5, 5.41) is 4.42.